The molecule has 0 radical (unpaired) electrons. The van der Waals surface area contributed by atoms with E-state index in [0.29, 0.717) is 17.9 Å². The third-order valence-corrected chi connectivity index (χ3v) is 4.59. The largest absolute Gasteiger partial charge is 0.399 e. The molecule has 20 heavy (non-hydrogen) atoms. The SMILES string of the molecule is CC(O)c1nc2cc(N)ccc2n1C1CC(O)C1(C)C. The van der Waals surface area contributed by atoms with Gasteiger partial charge in [-0.1, -0.05) is 13.8 Å². The summed E-state index contributed by atoms with van der Waals surface area (Å²) in [4.78, 5) is 4.52. The minimum Gasteiger partial charge on any atom is -0.399 e. The van der Waals surface area contributed by atoms with Gasteiger partial charge >= 0.3 is 0 Å². The number of fused-ring (bicyclic) bond motifs is 1. The molecule has 1 saturated carbocycles. The highest BCUT2D eigenvalue weighted by molar-refractivity contribution is 5.80. The average Bonchev–Trinajstić information content (AvgIpc) is 2.73. The van der Waals surface area contributed by atoms with Crippen LogP contribution >= 0.6 is 0 Å². The van der Waals surface area contributed by atoms with Gasteiger partial charge in [-0.3, -0.25) is 0 Å². The van der Waals surface area contributed by atoms with Gasteiger partial charge in [-0.2, -0.15) is 0 Å². The predicted molar refractivity (Wildman–Crippen MR) is 78.2 cm³/mol. The lowest BCUT2D eigenvalue weighted by molar-refractivity contribution is -0.0899. The standard InChI is InChI=1S/C15H21N3O2/c1-8(19)14-17-10-6-9(16)4-5-11(10)18(14)12-7-13(20)15(12,2)3/h4-6,8,12-13,19-20H,7,16H2,1-3H3. The van der Waals surface area contributed by atoms with Crippen LogP contribution in [0.4, 0.5) is 5.69 Å². The first-order chi connectivity index (χ1) is 9.32. The number of imidazole rings is 1. The molecule has 3 atom stereocenters. The van der Waals surface area contributed by atoms with E-state index >= 15 is 0 Å². The minimum absolute atomic E-state index is 0.135. The van der Waals surface area contributed by atoms with Gasteiger partial charge in [0.05, 0.1) is 17.1 Å². The van der Waals surface area contributed by atoms with E-state index in [9.17, 15) is 10.2 Å². The number of nitrogens with two attached hydrogens (primary N) is 1. The van der Waals surface area contributed by atoms with Crippen LogP contribution < -0.4 is 5.73 Å². The normalized spacial score (nSPS) is 26.4. The number of anilines is 1. The zero-order valence-electron chi connectivity index (χ0n) is 12.0. The van der Waals surface area contributed by atoms with Crippen molar-refractivity contribution in [3.63, 3.8) is 0 Å². The molecule has 1 aromatic heterocycles. The zero-order valence-corrected chi connectivity index (χ0v) is 12.0. The Bertz CT molecular complexity index is 660. The fourth-order valence-electron chi connectivity index (χ4n) is 3.08. The summed E-state index contributed by atoms with van der Waals surface area (Å²) in [7, 11) is 0. The summed E-state index contributed by atoms with van der Waals surface area (Å²) in [5.41, 5.74) is 7.99. The van der Waals surface area contributed by atoms with Crippen LogP contribution in [0.3, 0.4) is 0 Å². The summed E-state index contributed by atoms with van der Waals surface area (Å²) < 4.78 is 2.06. The van der Waals surface area contributed by atoms with Crippen molar-refractivity contribution in [3.8, 4) is 0 Å². The molecule has 1 aliphatic rings. The molecule has 1 fully saturated rings. The second-order valence-electron chi connectivity index (χ2n) is 6.35. The van der Waals surface area contributed by atoms with Crippen LogP contribution in [0.15, 0.2) is 18.2 Å². The fourth-order valence-corrected chi connectivity index (χ4v) is 3.08. The predicted octanol–water partition coefficient (Wildman–Crippen LogP) is 2.00. The van der Waals surface area contributed by atoms with Crippen molar-refractivity contribution in [3.05, 3.63) is 24.0 Å². The quantitative estimate of drug-likeness (QED) is 0.732. The molecule has 5 nitrogen and oxygen atoms in total. The van der Waals surface area contributed by atoms with Gasteiger partial charge in [0.25, 0.3) is 0 Å². The van der Waals surface area contributed by atoms with Crippen molar-refractivity contribution in [2.45, 2.75) is 45.4 Å². The van der Waals surface area contributed by atoms with Gasteiger partial charge in [0.2, 0.25) is 0 Å². The van der Waals surface area contributed by atoms with Crippen LogP contribution in [0.5, 0.6) is 0 Å². The van der Waals surface area contributed by atoms with Gasteiger partial charge in [-0.15, -0.1) is 0 Å². The van der Waals surface area contributed by atoms with Gasteiger partial charge in [-0.05, 0) is 31.5 Å². The molecule has 1 aromatic carbocycles. The van der Waals surface area contributed by atoms with Crippen LogP contribution in [0.25, 0.3) is 11.0 Å². The van der Waals surface area contributed by atoms with E-state index < -0.39 is 6.10 Å². The lowest BCUT2D eigenvalue weighted by Gasteiger charge is -2.50. The summed E-state index contributed by atoms with van der Waals surface area (Å²) in [6.45, 7) is 5.80. The Morgan fingerprint density at radius 3 is 2.70 bits per heavy atom. The molecule has 0 aliphatic heterocycles. The number of aliphatic hydroxyl groups excluding tert-OH is 2. The van der Waals surface area contributed by atoms with Crippen LogP contribution in [-0.4, -0.2) is 25.9 Å². The number of aromatic nitrogens is 2. The van der Waals surface area contributed by atoms with Crippen LogP contribution in [0, 0.1) is 5.41 Å². The van der Waals surface area contributed by atoms with Crippen molar-refractivity contribution in [1.82, 2.24) is 9.55 Å². The van der Waals surface area contributed by atoms with E-state index in [0.717, 1.165) is 11.0 Å². The molecule has 0 amide bonds. The van der Waals surface area contributed by atoms with Crippen molar-refractivity contribution in [2.24, 2.45) is 5.41 Å². The summed E-state index contributed by atoms with van der Waals surface area (Å²) in [6.07, 6.45) is -0.291. The monoisotopic (exact) mass is 275 g/mol. The number of benzene rings is 1. The van der Waals surface area contributed by atoms with Gasteiger partial charge in [0.15, 0.2) is 0 Å². The first-order valence-corrected chi connectivity index (χ1v) is 6.96. The maximum atomic E-state index is 10.0. The molecule has 2 aromatic rings. The summed E-state index contributed by atoms with van der Waals surface area (Å²) in [6, 6.07) is 5.73. The summed E-state index contributed by atoms with van der Waals surface area (Å²) in [5.74, 6) is 0.635. The van der Waals surface area contributed by atoms with E-state index in [2.05, 4.69) is 9.55 Å². The molecule has 3 rings (SSSR count). The Morgan fingerprint density at radius 1 is 1.45 bits per heavy atom. The Morgan fingerprint density at radius 2 is 2.15 bits per heavy atom. The average molecular weight is 275 g/mol. The topological polar surface area (TPSA) is 84.3 Å². The summed E-state index contributed by atoms with van der Waals surface area (Å²) in [5, 5.41) is 20.0. The van der Waals surface area contributed by atoms with Crippen LogP contribution in [0.1, 0.15) is 45.2 Å². The van der Waals surface area contributed by atoms with Crippen LogP contribution in [0.2, 0.25) is 0 Å². The van der Waals surface area contributed by atoms with E-state index in [1.165, 1.54) is 0 Å². The molecule has 5 heteroatoms. The van der Waals surface area contributed by atoms with Crippen molar-refractivity contribution >= 4 is 16.7 Å². The molecule has 108 valence electrons. The summed E-state index contributed by atoms with van der Waals surface area (Å²) >= 11 is 0. The van der Waals surface area contributed by atoms with E-state index in [-0.39, 0.29) is 17.6 Å². The maximum Gasteiger partial charge on any atom is 0.138 e. The van der Waals surface area contributed by atoms with E-state index in [1.54, 1.807) is 6.92 Å². The van der Waals surface area contributed by atoms with E-state index in [4.69, 9.17) is 5.73 Å². The van der Waals surface area contributed by atoms with Gasteiger partial charge < -0.3 is 20.5 Å². The third kappa shape index (κ3) is 1.73. The molecule has 0 saturated heterocycles. The molecule has 3 unspecified atom stereocenters. The van der Waals surface area contributed by atoms with E-state index in [1.807, 2.05) is 32.0 Å². The number of hydrogen-bond donors (Lipinski definition) is 3. The Kier molecular flexibility index (Phi) is 2.81. The second-order valence-corrected chi connectivity index (χ2v) is 6.35. The van der Waals surface area contributed by atoms with Gasteiger partial charge in [-0.25, -0.2) is 4.98 Å². The number of aliphatic hydroxyl groups is 2. The second kappa shape index (κ2) is 4.20. The number of hydrogen-bond acceptors (Lipinski definition) is 4. The fraction of sp³-hybridized carbons (Fsp3) is 0.533. The Balaban J connectivity index is 2.20. The molecule has 4 N–H and O–H groups in total. The highest BCUT2D eigenvalue weighted by atomic mass is 16.3. The molecule has 0 bridgehead atoms. The zero-order chi connectivity index (χ0) is 14.7. The Labute approximate surface area is 118 Å². The lowest BCUT2D eigenvalue weighted by atomic mass is 9.64. The molecular weight excluding hydrogens is 254 g/mol. The molecule has 1 aliphatic carbocycles. The van der Waals surface area contributed by atoms with Gasteiger partial charge in [0.1, 0.15) is 11.9 Å². The van der Waals surface area contributed by atoms with Crippen molar-refractivity contribution < 1.29 is 10.2 Å². The van der Waals surface area contributed by atoms with Crippen molar-refractivity contribution in [1.29, 1.82) is 0 Å². The van der Waals surface area contributed by atoms with Gasteiger partial charge in [0, 0.05) is 17.1 Å². The maximum absolute atomic E-state index is 10.0. The van der Waals surface area contributed by atoms with Crippen molar-refractivity contribution in [2.75, 3.05) is 5.73 Å². The first kappa shape index (κ1) is 13.4. The molecule has 1 heterocycles. The highest BCUT2D eigenvalue weighted by Crippen LogP contribution is 2.51. The smallest absolute Gasteiger partial charge is 0.138 e. The third-order valence-electron chi connectivity index (χ3n) is 4.59. The first-order valence-electron chi connectivity index (χ1n) is 6.96. The Hall–Kier alpha value is -1.59. The van der Waals surface area contributed by atoms with Crippen LogP contribution in [-0.2, 0) is 0 Å². The molecular formula is C15H21N3O2. The number of rotatable bonds is 2. The number of nitrogens with zero attached hydrogens (tertiary/aromatic N) is 2. The molecule has 0 spiro atoms. The number of nitrogen functional groups attached to an aromatic ring is 1. The lowest BCUT2D eigenvalue weighted by Crippen LogP contribution is -2.50. The minimum atomic E-state index is -0.655. The highest BCUT2D eigenvalue weighted by Gasteiger charge is 2.49.